The molecule has 5 nitrogen and oxygen atoms in total. The lowest BCUT2D eigenvalue weighted by molar-refractivity contribution is 0.0297. The van der Waals surface area contributed by atoms with Gasteiger partial charge in [0.15, 0.2) is 6.33 Å². The zero-order chi connectivity index (χ0) is 8.23. The summed E-state index contributed by atoms with van der Waals surface area (Å²) in [5, 5.41) is 3.54. The molecule has 1 aliphatic heterocycles. The van der Waals surface area contributed by atoms with Crippen molar-refractivity contribution in [3.05, 3.63) is 12.2 Å². The third-order valence-electron chi connectivity index (χ3n) is 1.87. The van der Waals surface area contributed by atoms with E-state index in [0.717, 1.165) is 32.8 Å². The van der Waals surface area contributed by atoms with Crippen LogP contribution in [0.15, 0.2) is 10.9 Å². The molecule has 0 spiro atoms. The summed E-state index contributed by atoms with van der Waals surface area (Å²) in [6.07, 6.45) is 1.43. The lowest BCUT2D eigenvalue weighted by Gasteiger charge is -2.24. The van der Waals surface area contributed by atoms with E-state index in [1.807, 2.05) is 0 Å². The number of morpholine rings is 1. The number of hydrogen-bond donors (Lipinski definition) is 0. The van der Waals surface area contributed by atoms with Crippen LogP contribution in [0.4, 0.5) is 0 Å². The topological polar surface area (TPSA) is 51.4 Å². The van der Waals surface area contributed by atoms with Crippen molar-refractivity contribution in [2.45, 2.75) is 6.54 Å². The maximum atomic E-state index is 5.21. The van der Waals surface area contributed by atoms with Crippen LogP contribution in [-0.2, 0) is 11.3 Å². The quantitative estimate of drug-likeness (QED) is 0.619. The molecule has 5 heteroatoms. The fraction of sp³-hybridized carbons (Fsp3) is 0.714. The molecule has 0 radical (unpaired) electrons. The third kappa shape index (κ3) is 1.80. The number of rotatable bonds is 2. The molecule has 1 aromatic rings. The Morgan fingerprint density at radius 1 is 1.42 bits per heavy atom. The second kappa shape index (κ2) is 3.64. The average molecular weight is 169 g/mol. The van der Waals surface area contributed by atoms with Gasteiger partial charge in [-0.05, 0) is 0 Å². The van der Waals surface area contributed by atoms with Crippen LogP contribution in [0.1, 0.15) is 5.89 Å². The molecule has 0 amide bonds. The standard InChI is InChI=1S/C7H11N3O2/c1-3-11-4-2-10(1)5-7-8-6-9-12-7/h6H,1-5H2. The van der Waals surface area contributed by atoms with E-state index in [1.54, 1.807) is 0 Å². The van der Waals surface area contributed by atoms with Gasteiger partial charge in [-0.2, -0.15) is 4.98 Å². The van der Waals surface area contributed by atoms with Crippen LogP contribution in [0.3, 0.4) is 0 Å². The average Bonchev–Trinajstić information content (AvgIpc) is 2.59. The molecule has 2 rings (SSSR count). The predicted molar refractivity (Wildman–Crippen MR) is 40.4 cm³/mol. The highest BCUT2D eigenvalue weighted by Gasteiger charge is 2.12. The van der Waals surface area contributed by atoms with Crippen molar-refractivity contribution in [2.75, 3.05) is 26.3 Å². The Balaban J connectivity index is 1.86. The summed E-state index contributed by atoms with van der Waals surface area (Å²) in [6, 6.07) is 0. The van der Waals surface area contributed by atoms with Gasteiger partial charge in [-0.15, -0.1) is 0 Å². The summed E-state index contributed by atoms with van der Waals surface area (Å²) in [7, 11) is 0. The molecule has 2 heterocycles. The third-order valence-corrected chi connectivity index (χ3v) is 1.87. The Bertz CT molecular complexity index is 219. The van der Waals surface area contributed by atoms with Gasteiger partial charge in [0, 0.05) is 13.1 Å². The Labute approximate surface area is 70.3 Å². The lowest BCUT2D eigenvalue weighted by Crippen LogP contribution is -2.35. The molecule has 1 aliphatic rings. The first-order valence-corrected chi connectivity index (χ1v) is 4.01. The van der Waals surface area contributed by atoms with E-state index in [2.05, 4.69) is 15.0 Å². The normalized spacial score (nSPS) is 19.7. The van der Waals surface area contributed by atoms with E-state index in [0.29, 0.717) is 5.89 Å². The summed E-state index contributed by atoms with van der Waals surface area (Å²) in [4.78, 5) is 6.18. The van der Waals surface area contributed by atoms with Gasteiger partial charge < -0.3 is 9.26 Å². The van der Waals surface area contributed by atoms with Gasteiger partial charge in [0.25, 0.3) is 0 Å². The molecular formula is C7H11N3O2. The molecule has 1 saturated heterocycles. The summed E-state index contributed by atoms with van der Waals surface area (Å²) < 4.78 is 10.1. The molecule has 66 valence electrons. The van der Waals surface area contributed by atoms with E-state index in [9.17, 15) is 0 Å². The van der Waals surface area contributed by atoms with Gasteiger partial charge >= 0.3 is 0 Å². The fourth-order valence-electron chi connectivity index (χ4n) is 1.22. The SMILES string of the molecule is c1noc(CN2CCOCC2)n1. The van der Waals surface area contributed by atoms with Crippen molar-refractivity contribution in [1.29, 1.82) is 0 Å². The zero-order valence-electron chi connectivity index (χ0n) is 6.77. The van der Waals surface area contributed by atoms with Crippen LogP contribution in [-0.4, -0.2) is 41.3 Å². The predicted octanol–water partition coefficient (Wildman–Crippen LogP) is -0.0982. The highest BCUT2D eigenvalue weighted by atomic mass is 16.5. The van der Waals surface area contributed by atoms with Crippen molar-refractivity contribution in [2.24, 2.45) is 0 Å². The lowest BCUT2D eigenvalue weighted by atomic mass is 10.4. The molecule has 0 atom stereocenters. The Hall–Kier alpha value is -0.940. The molecule has 0 unspecified atom stereocenters. The molecule has 0 saturated carbocycles. The maximum absolute atomic E-state index is 5.21. The highest BCUT2D eigenvalue weighted by molar-refractivity contribution is 4.75. The van der Waals surface area contributed by atoms with E-state index >= 15 is 0 Å². The number of hydrogen-bond acceptors (Lipinski definition) is 5. The van der Waals surface area contributed by atoms with E-state index in [-0.39, 0.29) is 0 Å². The van der Waals surface area contributed by atoms with Crippen LogP contribution >= 0.6 is 0 Å². The molecule has 0 aromatic carbocycles. The van der Waals surface area contributed by atoms with Crippen molar-refractivity contribution >= 4 is 0 Å². The smallest absolute Gasteiger partial charge is 0.240 e. The minimum absolute atomic E-state index is 0.678. The molecule has 1 aromatic heterocycles. The summed E-state index contributed by atoms with van der Waals surface area (Å²) >= 11 is 0. The van der Waals surface area contributed by atoms with Crippen molar-refractivity contribution in [3.8, 4) is 0 Å². The second-order valence-electron chi connectivity index (χ2n) is 2.72. The molecule has 0 N–H and O–H groups in total. The zero-order valence-corrected chi connectivity index (χ0v) is 6.77. The fourth-order valence-corrected chi connectivity index (χ4v) is 1.22. The minimum atomic E-state index is 0.678. The first-order chi connectivity index (χ1) is 5.95. The van der Waals surface area contributed by atoms with E-state index in [1.165, 1.54) is 6.33 Å². The van der Waals surface area contributed by atoms with Gasteiger partial charge in [0.2, 0.25) is 5.89 Å². The monoisotopic (exact) mass is 169 g/mol. The van der Waals surface area contributed by atoms with Crippen molar-refractivity contribution in [3.63, 3.8) is 0 Å². The van der Waals surface area contributed by atoms with Gasteiger partial charge in [0.05, 0.1) is 19.8 Å². The molecule has 0 aliphatic carbocycles. The first-order valence-electron chi connectivity index (χ1n) is 4.01. The van der Waals surface area contributed by atoms with E-state index < -0.39 is 0 Å². The summed E-state index contributed by atoms with van der Waals surface area (Å²) in [5.41, 5.74) is 0. The van der Waals surface area contributed by atoms with Crippen LogP contribution in [0.5, 0.6) is 0 Å². The van der Waals surface area contributed by atoms with Gasteiger partial charge in [0.1, 0.15) is 0 Å². The maximum Gasteiger partial charge on any atom is 0.240 e. The molecule has 12 heavy (non-hydrogen) atoms. The van der Waals surface area contributed by atoms with Gasteiger partial charge in [-0.3, -0.25) is 4.90 Å². The summed E-state index contributed by atoms with van der Waals surface area (Å²) in [6.45, 7) is 4.23. The Morgan fingerprint density at radius 3 is 2.92 bits per heavy atom. The Morgan fingerprint density at radius 2 is 2.25 bits per heavy atom. The highest BCUT2D eigenvalue weighted by Crippen LogP contribution is 2.02. The number of aromatic nitrogens is 2. The van der Waals surface area contributed by atoms with Crippen molar-refractivity contribution < 1.29 is 9.26 Å². The Kier molecular flexibility index (Phi) is 2.33. The number of nitrogens with zero attached hydrogens (tertiary/aromatic N) is 3. The van der Waals surface area contributed by atoms with E-state index in [4.69, 9.17) is 9.26 Å². The first kappa shape index (κ1) is 7.70. The molecular weight excluding hydrogens is 158 g/mol. The summed E-state index contributed by atoms with van der Waals surface area (Å²) in [5.74, 6) is 0.678. The van der Waals surface area contributed by atoms with Gasteiger partial charge in [-0.25, -0.2) is 0 Å². The van der Waals surface area contributed by atoms with Crippen molar-refractivity contribution in [1.82, 2.24) is 15.0 Å². The van der Waals surface area contributed by atoms with Crippen LogP contribution < -0.4 is 0 Å². The number of ether oxygens (including phenoxy) is 1. The second-order valence-corrected chi connectivity index (χ2v) is 2.72. The van der Waals surface area contributed by atoms with Gasteiger partial charge in [-0.1, -0.05) is 5.16 Å². The van der Waals surface area contributed by atoms with Crippen LogP contribution in [0.2, 0.25) is 0 Å². The largest absolute Gasteiger partial charge is 0.379 e. The molecule has 0 bridgehead atoms. The minimum Gasteiger partial charge on any atom is -0.379 e. The van der Waals surface area contributed by atoms with Crippen LogP contribution in [0, 0.1) is 0 Å². The van der Waals surface area contributed by atoms with Crippen LogP contribution in [0.25, 0.3) is 0 Å². The molecule has 1 fully saturated rings.